The third-order valence-corrected chi connectivity index (χ3v) is 5.40. The molecule has 0 spiro atoms. The lowest BCUT2D eigenvalue weighted by atomic mass is 9.91. The van der Waals surface area contributed by atoms with E-state index in [0.717, 1.165) is 4.34 Å². The van der Waals surface area contributed by atoms with Crippen molar-refractivity contribution in [1.82, 2.24) is 5.32 Å². The summed E-state index contributed by atoms with van der Waals surface area (Å²) >= 11 is 7.83. The zero-order chi connectivity index (χ0) is 11.8. The zero-order valence-corrected chi connectivity index (χ0v) is 11.5. The number of aryl methyl sites for hydroxylation is 1. The van der Waals surface area contributed by atoms with Crippen LogP contribution in [0.4, 0.5) is 0 Å². The average molecular weight is 271 g/mol. The molecule has 1 saturated carbocycles. The molecule has 1 fully saturated rings. The Morgan fingerprint density at radius 1 is 1.24 bits per heavy atom. The molecule has 4 heteroatoms. The molecule has 3 rings (SSSR count). The van der Waals surface area contributed by atoms with Crippen molar-refractivity contribution in [3.05, 3.63) is 20.8 Å². The van der Waals surface area contributed by atoms with Crippen LogP contribution >= 0.6 is 22.9 Å². The summed E-state index contributed by atoms with van der Waals surface area (Å²) in [5.41, 5.74) is 7.40. The Balaban J connectivity index is 1.63. The highest BCUT2D eigenvalue weighted by Crippen LogP contribution is 2.40. The normalized spacial score (nSPS) is 32.7. The Hall–Kier alpha value is -0.0900. The van der Waals surface area contributed by atoms with Crippen LogP contribution in [0.25, 0.3) is 0 Å². The van der Waals surface area contributed by atoms with Gasteiger partial charge in [0.2, 0.25) is 0 Å². The van der Waals surface area contributed by atoms with E-state index in [1.54, 1.807) is 11.3 Å². The van der Waals surface area contributed by atoms with Crippen molar-refractivity contribution in [3.63, 3.8) is 0 Å². The topological polar surface area (TPSA) is 38.0 Å². The van der Waals surface area contributed by atoms with Crippen LogP contribution < -0.4 is 11.1 Å². The molecule has 94 valence electrons. The first-order chi connectivity index (χ1) is 8.22. The Morgan fingerprint density at radius 3 is 2.76 bits per heavy atom. The van der Waals surface area contributed by atoms with Gasteiger partial charge in [-0.1, -0.05) is 11.6 Å². The van der Waals surface area contributed by atoms with Gasteiger partial charge in [0.05, 0.1) is 4.34 Å². The summed E-state index contributed by atoms with van der Waals surface area (Å²) in [5, 5.41) is 3.80. The van der Waals surface area contributed by atoms with Gasteiger partial charge in [0, 0.05) is 23.0 Å². The molecule has 0 aromatic carbocycles. The molecule has 17 heavy (non-hydrogen) atoms. The standard InChI is InChI=1S/C13H19ClN2S/c14-13-7-10-11(5-6-12(10)17-13)16-9-3-1-8(15)2-4-9/h7-9,11,16H,1-6,15H2. The zero-order valence-electron chi connectivity index (χ0n) is 9.92. The summed E-state index contributed by atoms with van der Waals surface area (Å²) in [6.45, 7) is 0. The van der Waals surface area contributed by atoms with Gasteiger partial charge in [-0.2, -0.15) is 0 Å². The predicted octanol–water partition coefficient (Wildman–Crippen LogP) is 3.25. The summed E-state index contributed by atoms with van der Waals surface area (Å²) in [5.74, 6) is 0. The quantitative estimate of drug-likeness (QED) is 0.866. The van der Waals surface area contributed by atoms with Crippen molar-refractivity contribution in [2.45, 2.75) is 56.7 Å². The third kappa shape index (κ3) is 2.53. The van der Waals surface area contributed by atoms with Gasteiger partial charge in [0.15, 0.2) is 0 Å². The van der Waals surface area contributed by atoms with Gasteiger partial charge < -0.3 is 11.1 Å². The van der Waals surface area contributed by atoms with Crippen LogP contribution in [0, 0.1) is 0 Å². The summed E-state index contributed by atoms with van der Waals surface area (Å²) in [6.07, 6.45) is 7.22. The average Bonchev–Trinajstić information content (AvgIpc) is 2.83. The fourth-order valence-electron chi connectivity index (χ4n) is 3.07. The third-order valence-electron chi connectivity index (χ3n) is 4.06. The van der Waals surface area contributed by atoms with Gasteiger partial charge in [0.25, 0.3) is 0 Å². The highest BCUT2D eigenvalue weighted by Gasteiger charge is 2.28. The highest BCUT2D eigenvalue weighted by atomic mass is 35.5. The lowest BCUT2D eigenvalue weighted by molar-refractivity contribution is 0.315. The van der Waals surface area contributed by atoms with Crippen LogP contribution in [-0.4, -0.2) is 12.1 Å². The van der Waals surface area contributed by atoms with E-state index in [1.165, 1.54) is 49.0 Å². The molecular formula is C13H19ClN2S. The molecule has 1 aromatic rings. The first kappa shape index (κ1) is 12.0. The van der Waals surface area contributed by atoms with Gasteiger partial charge in [-0.3, -0.25) is 0 Å². The van der Waals surface area contributed by atoms with Crippen LogP contribution in [0.5, 0.6) is 0 Å². The van der Waals surface area contributed by atoms with Crippen LogP contribution in [-0.2, 0) is 6.42 Å². The van der Waals surface area contributed by atoms with Crippen LogP contribution in [0.3, 0.4) is 0 Å². The maximum absolute atomic E-state index is 6.08. The molecule has 1 unspecified atom stereocenters. The molecule has 0 saturated heterocycles. The van der Waals surface area contributed by atoms with Crippen molar-refractivity contribution < 1.29 is 0 Å². The molecule has 0 bridgehead atoms. The maximum atomic E-state index is 6.08. The second-order valence-corrected chi connectivity index (χ2v) is 7.07. The van der Waals surface area contributed by atoms with E-state index >= 15 is 0 Å². The fourth-order valence-corrected chi connectivity index (χ4v) is 4.43. The van der Waals surface area contributed by atoms with E-state index < -0.39 is 0 Å². The van der Waals surface area contributed by atoms with Crippen molar-refractivity contribution in [1.29, 1.82) is 0 Å². The number of fused-ring (bicyclic) bond motifs is 1. The lowest BCUT2D eigenvalue weighted by Gasteiger charge is -2.29. The second-order valence-electron chi connectivity index (χ2n) is 5.30. The van der Waals surface area contributed by atoms with Crippen LogP contribution in [0.15, 0.2) is 6.07 Å². The summed E-state index contributed by atoms with van der Waals surface area (Å²) in [4.78, 5) is 1.49. The number of hydrogen-bond donors (Lipinski definition) is 2. The maximum Gasteiger partial charge on any atom is 0.0934 e. The van der Waals surface area contributed by atoms with E-state index in [2.05, 4.69) is 11.4 Å². The number of thiophene rings is 1. The molecule has 0 amide bonds. The smallest absolute Gasteiger partial charge is 0.0934 e. The Morgan fingerprint density at radius 2 is 2.00 bits per heavy atom. The lowest BCUT2D eigenvalue weighted by Crippen LogP contribution is -2.38. The van der Waals surface area contributed by atoms with Crippen LogP contribution in [0.1, 0.15) is 48.6 Å². The number of hydrogen-bond acceptors (Lipinski definition) is 3. The SMILES string of the molecule is NC1CCC(NC2CCc3sc(Cl)cc32)CC1. The summed E-state index contributed by atoms with van der Waals surface area (Å²) < 4.78 is 0.937. The predicted molar refractivity (Wildman–Crippen MR) is 73.8 cm³/mol. The van der Waals surface area contributed by atoms with Crippen molar-refractivity contribution in [2.24, 2.45) is 5.73 Å². The molecule has 0 radical (unpaired) electrons. The van der Waals surface area contributed by atoms with Gasteiger partial charge in [-0.25, -0.2) is 0 Å². The molecule has 3 N–H and O–H groups in total. The van der Waals surface area contributed by atoms with Crippen molar-refractivity contribution in [2.75, 3.05) is 0 Å². The molecule has 1 aromatic heterocycles. The molecule has 1 heterocycles. The number of rotatable bonds is 2. The monoisotopic (exact) mass is 270 g/mol. The van der Waals surface area contributed by atoms with Crippen molar-refractivity contribution >= 4 is 22.9 Å². The number of halogens is 1. The summed E-state index contributed by atoms with van der Waals surface area (Å²) in [6, 6.07) is 3.78. The number of nitrogens with one attached hydrogen (secondary N) is 1. The Labute approximate surface area is 112 Å². The van der Waals surface area contributed by atoms with E-state index in [9.17, 15) is 0 Å². The van der Waals surface area contributed by atoms with E-state index in [4.69, 9.17) is 17.3 Å². The van der Waals surface area contributed by atoms with Gasteiger partial charge in [0.1, 0.15) is 0 Å². The van der Waals surface area contributed by atoms with Gasteiger partial charge >= 0.3 is 0 Å². The Kier molecular flexibility index (Phi) is 3.44. The fraction of sp³-hybridized carbons (Fsp3) is 0.692. The largest absolute Gasteiger partial charge is 0.328 e. The van der Waals surface area contributed by atoms with E-state index in [-0.39, 0.29) is 0 Å². The molecule has 2 aliphatic rings. The molecule has 2 nitrogen and oxygen atoms in total. The van der Waals surface area contributed by atoms with E-state index in [1.807, 2.05) is 0 Å². The Bertz CT molecular complexity index is 396. The number of nitrogens with two attached hydrogens (primary N) is 1. The minimum atomic E-state index is 0.433. The molecular weight excluding hydrogens is 252 g/mol. The minimum Gasteiger partial charge on any atom is -0.328 e. The molecule has 1 atom stereocenters. The minimum absolute atomic E-state index is 0.433. The van der Waals surface area contributed by atoms with Gasteiger partial charge in [-0.05, 0) is 50.2 Å². The first-order valence-electron chi connectivity index (χ1n) is 6.52. The van der Waals surface area contributed by atoms with Crippen LogP contribution in [0.2, 0.25) is 4.34 Å². The second kappa shape index (κ2) is 4.88. The molecule has 0 aliphatic heterocycles. The molecule has 2 aliphatic carbocycles. The van der Waals surface area contributed by atoms with Gasteiger partial charge in [-0.15, -0.1) is 11.3 Å². The van der Waals surface area contributed by atoms with E-state index in [0.29, 0.717) is 18.1 Å². The van der Waals surface area contributed by atoms with Crippen molar-refractivity contribution in [3.8, 4) is 0 Å². The first-order valence-corrected chi connectivity index (χ1v) is 7.71. The summed E-state index contributed by atoms with van der Waals surface area (Å²) in [7, 11) is 0. The highest BCUT2D eigenvalue weighted by molar-refractivity contribution is 7.16.